The number of Topliss-reactive ketones (excluding diaryl/α,β-unsaturated/α-hetero) is 1. The highest BCUT2D eigenvalue weighted by molar-refractivity contribution is 7.89. The van der Waals surface area contributed by atoms with Crippen LogP contribution in [0.2, 0.25) is 0 Å². The second-order valence-corrected chi connectivity index (χ2v) is 6.32. The van der Waals surface area contributed by atoms with Crippen LogP contribution in [0.15, 0.2) is 17.2 Å². The number of nitrogens with one attached hydrogen (secondary N) is 1. The Morgan fingerprint density at radius 2 is 2.00 bits per heavy atom. The van der Waals surface area contributed by atoms with Crippen molar-refractivity contribution in [2.45, 2.75) is 18.7 Å². The normalized spacial score (nSPS) is 11.7. The number of likely N-dealkylation sites (N-methyl/N-ethyl adjacent to an activating group) is 1. The van der Waals surface area contributed by atoms with E-state index in [1.54, 1.807) is 14.0 Å². The standard InChI is InChI=1S/C12H19N3O4S/c1-5-15(7-9(2)16)20(18,19)10-6-11(12(17)13-3)14(4)8-10/h6,8H,5,7H2,1-4H3,(H,13,17). The number of carbonyl (C=O) groups excluding carboxylic acids is 2. The number of aryl methyl sites for hydroxylation is 1. The molecule has 0 unspecified atom stereocenters. The van der Waals surface area contributed by atoms with Crippen molar-refractivity contribution in [1.29, 1.82) is 0 Å². The first-order valence-electron chi connectivity index (χ1n) is 6.12. The zero-order valence-electron chi connectivity index (χ0n) is 12.0. The van der Waals surface area contributed by atoms with Crippen LogP contribution in [0.25, 0.3) is 0 Å². The zero-order valence-corrected chi connectivity index (χ0v) is 12.8. The lowest BCUT2D eigenvalue weighted by Crippen LogP contribution is -2.34. The summed E-state index contributed by atoms with van der Waals surface area (Å²) in [6, 6.07) is 1.30. The molecule has 112 valence electrons. The van der Waals surface area contributed by atoms with E-state index in [-0.39, 0.29) is 35.4 Å². The molecule has 0 aliphatic rings. The number of ketones is 1. The molecule has 0 bridgehead atoms. The van der Waals surface area contributed by atoms with Crippen LogP contribution in [0.5, 0.6) is 0 Å². The van der Waals surface area contributed by atoms with Crippen molar-refractivity contribution < 1.29 is 18.0 Å². The number of hydrogen-bond acceptors (Lipinski definition) is 4. The van der Waals surface area contributed by atoms with Gasteiger partial charge >= 0.3 is 0 Å². The van der Waals surface area contributed by atoms with Gasteiger partial charge in [-0.25, -0.2) is 8.42 Å². The Morgan fingerprint density at radius 3 is 2.45 bits per heavy atom. The Kier molecular flexibility index (Phi) is 5.07. The van der Waals surface area contributed by atoms with Crippen LogP contribution in [0, 0.1) is 0 Å². The van der Waals surface area contributed by atoms with Gasteiger partial charge in [0.15, 0.2) is 0 Å². The highest BCUT2D eigenvalue weighted by Crippen LogP contribution is 2.18. The fourth-order valence-electron chi connectivity index (χ4n) is 1.79. The highest BCUT2D eigenvalue weighted by atomic mass is 32.2. The summed E-state index contributed by atoms with van der Waals surface area (Å²) in [5.41, 5.74) is 0.241. The largest absolute Gasteiger partial charge is 0.354 e. The molecule has 1 aromatic heterocycles. The molecule has 0 saturated heterocycles. The molecule has 1 aromatic rings. The number of nitrogens with zero attached hydrogens (tertiary/aromatic N) is 2. The maximum absolute atomic E-state index is 12.4. The van der Waals surface area contributed by atoms with Crippen LogP contribution in [-0.4, -0.2) is 49.1 Å². The first-order chi connectivity index (χ1) is 9.23. The first-order valence-corrected chi connectivity index (χ1v) is 7.56. The molecule has 1 amide bonds. The number of hydrogen-bond donors (Lipinski definition) is 1. The van der Waals surface area contributed by atoms with Gasteiger partial charge in [0.05, 0.1) is 6.54 Å². The number of rotatable bonds is 6. The molecule has 8 heteroatoms. The summed E-state index contributed by atoms with van der Waals surface area (Å²) < 4.78 is 27.3. The molecule has 0 fully saturated rings. The lowest BCUT2D eigenvalue weighted by atomic mass is 10.4. The van der Waals surface area contributed by atoms with Gasteiger partial charge in [-0.1, -0.05) is 6.92 Å². The Labute approximate surface area is 118 Å². The van der Waals surface area contributed by atoms with Crippen LogP contribution >= 0.6 is 0 Å². The molecule has 0 aliphatic carbocycles. The van der Waals surface area contributed by atoms with Gasteiger partial charge in [0, 0.05) is 26.8 Å². The van der Waals surface area contributed by atoms with Gasteiger partial charge in [-0.05, 0) is 13.0 Å². The van der Waals surface area contributed by atoms with Crippen LogP contribution in [0.4, 0.5) is 0 Å². The monoisotopic (exact) mass is 301 g/mol. The van der Waals surface area contributed by atoms with E-state index in [4.69, 9.17) is 0 Å². The molecule has 7 nitrogen and oxygen atoms in total. The van der Waals surface area contributed by atoms with E-state index >= 15 is 0 Å². The maximum atomic E-state index is 12.4. The number of carbonyl (C=O) groups is 2. The zero-order chi connectivity index (χ0) is 15.5. The minimum absolute atomic E-state index is 0.00157. The van der Waals surface area contributed by atoms with Gasteiger partial charge in [0.1, 0.15) is 16.4 Å². The summed E-state index contributed by atoms with van der Waals surface area (Å²) in [7, 11) is -0.720. The topological polar surface area (TPSA) is 88.5 Å². The lowest BCUT2D eigenvalue weighted by molar-refractivity contribution is -0.117. The van der Waals surface area contributed by atoms with E-state index in [9.17, 15) is 18.0 Å². The van der Waals surface area contributed by atoms with E-state index < -0.39 is 10.0 Å². The average Bonchev–Trinajstić information content (AvgIpc) is 2.77. The molecule has 1 N–H and O–H groups in total. The van der Waals surface area contributed by atoms with E-state index in [0.717, 1.165) is 4.31 Å². The van der Waals surface area contributed by atoms with Crippen LogP contribution in [0.1, 0.15) is 24.3 Å². The Morgan fingerprint density at radius 1 is 1.40 bits per heavy atom. The van der Waals surface area contributed by atoms with Gasteiger partial charge < -0.3 is 9.88 Å². The predicted molar refractivity (Wildman–Crippen MR) is 73.9 cm³/mol. The average molecular weight is 301 g/mol. The van der Waals surface area contributed by atoms with Gasteiger partial charge in [-0.15, -0.1) is 0 Å². The molecule has 0 saturated carbocycles. The van der Waals surface area contributed by atoms with Crippen molar-refractivity contribution >= 4 is 21.7 Å². The van der Waals surface area contributed by atoms with Gasteiger partial charge in [0.2, 0.25) is 10.0 Å². The Balaban J connectivity index is 3.22. The van der Waals surface area contributed by atoms with Gasteiger partial charge in [-0.3, -0.25) is 9.59 Å². The maximum Gasteiger partial charge on any atom is 0.267 e. The van der Waals surface area contributed by atoms with Crippen molar-refractivity contribution in [2.75, 3.05) is 20.1 Å². The molecule has 0 spiro atoms. The quantitative estimate of drug-likeness (QED) is 0.800. The molecule has 0 atom stereocenters. The highest BCUT2D eigenvalue weighted by Gasteiger charge is 2.27. The molecule has 0 aromatic carbocycles. The van der Waals surface area contributed by atoms with Crippen molar-refractivity contribution in [3.05, 3.63) is 18.0 Å². The van der Waals surface area contributed by atoms with Crippen molar-refractivity contribution in [3.63, 3.8) is 0 Å². The third-order valence-corrected chi connectivity index (χ3v) is 4.72. The van der Waals surface area contributed by atoms with Crippen LogP contribution < -0.4 is 5.32 Å². The van der Waals surface area contributed by atoms with E-state index in [1.807, 2.05) is 0 Å². The fraction of sp³-hybridized carbons (Fsp3) is 0.500. The molecular formula is C12H19N3O4S. The summed E-state index contributed by atoms with van der Waals surface area (Å²) >= 11 is 0. The second kappa shape index (κ2) is 6.19. The van der Waals surface area contributed by atoms with Crippen LogP contribution in [-0.2, 0) is 21.9 Å². The molecule has 20 heavy (non-hydrogen) atoms. The molecule has 1 heterocycles. The SMILES string of the molecule is CCN(CC(C)=O)S(=O)(=O)c1cc(C(=O)NC)n(C)c1. The number of amides is 1. The van der Waals surface area contributed by atoms with Gasteiger partial charge in [0.25, 0.3) is 5.91 Å². The number of aromatic nitrogens is 1. The van der Waals surface area contributed by atoms with Crippen molar-refractivity contribution in [1.82, 2.24) is 14.2 Å². The summed E-state index contributed by atoms with van der Waals surface area (Å²) in [5, 5.41) is 2.44. The predicted octanol–water partition coefficient (Wildman–Crippen LogP) is -0.0157. The molecular weight excluding hydrogens is 282 g/mol. The first kappa shape index (κ1) is 16.4. The van der Waals surface area contributed by atoms with Crippen molar-refractivity contribution in [2.24, 2.45) is 7.05 Å². The van der Waals surface area contributed by atoms with E-state index in [1.165, 1.54) is 30.8 Å². The number of sulfonamides is 1. The summed E-state index contributed by atoms with van der Waals surface area (Å²) in [5.74, 6) is -0.610. The Bertz CT molecular complexity index is 619. The minimum atomic E-state index is -3.78. The molecule has 0 radical (unpaired) electrons. The van der Waals surface area contributed by atoms with E-state index in [0.29, 0.717) is 0 Å². The van der Waals surface area contributed by atoms with E-state index in [2.05, 4.69) is 5.32 Å². The summed E-state index contributed by atoms with van der Waals surface area (Å²) in [6.07, 6.45) is 1.36. The third kappa shape index (κ3) is 3.26. The summed E-state index contributed by atoms with van der Waals surface area (Å²) in [4.78, 5) is 22.7. The van der Waals surface area contributed by atoms with Crippen molar-refractivity contribution in [3.8, 4) is 0 Å². The lowest BCUT2D eigenvalue weighted by Gasteiger charge is -2.17. The smallest absolute Gasteiger partial charge is 0.267 e. The molecule has 0 aliphatic heterocycles. The summed E-state index contributed by atoms with van der Waals surface area (Å²) in [6.45, 7) is 3.00. The minimum Gasteiger partial charge on any atom is -0.354 e. The molecule has 1 rings (SSSR count). The fourth-order valence-corrected chi connectivity index (χ4v) is 3.33. The Hall–Kier alpha value is -1.67. The van der Waals surface area contributed by atoms with Gasteiger partial charge in [-0.2, -0.15) is 4.31 Å². The second-order valence-electron chi connectivity index (χ2n) is 4.38. The third-order valence-electron chi connectivity index (χ3n) is 2.83. The van der Waals surface area contributed by atoms with Crippen LogP contribution in [0.3, 0.4) is 0 Å².